The predicted octanol–water partition coefficient (Wildman–Crippen LogP) is 2.80. The van der Waals surface area contributed by atoms with E-state index in [1.165, 1.54) is 10.3 Å². The van der Waals surface area contributed by atoms with Crippen LogP contribution in [0.15, 0.2) is 42.5 Å². The molecule has 0 N–H and O–H groups in total. The quantitative estimate of drug-likeness (QED) is 0.591. The maximum absolute atomic E-state index is 12.8. The second kappa shape index (κ2) is 7.77. The number of hydrogen-bond acceptors (Lipinski definition) is 6. The SMILES string of the molecule is CCc1cccc2sc(N3CCN(C(=O)CN4C(=O)c5ccccc5C4=O)CC3)nc12. The third-order valence-corrected chi connectivity index (χ3v) is 7.03. The molecule has 0 saturated carbocycles. The van der Waals surface area contributed by atoms with Crippen molar-refractivity contribution in [2.24, 2.45) is 0 Å². The number of imide groups is 1. The standard InChI is InChI=1S/C23H22N4O3S/c1-2-15-6-5-9-18-20(15)24-23(31-18)26-12-10-25(11-13-26)19(28)14-27-21(29)16-7-3-4-8-17(16)22(27)30/h3-9H,2,10-14H2,1H3. The highest BCUT2D eigenvalue weighted by molar-refractivity contribution is 7.22. The van der Waals surface area contributed by atoms with Crippen molar-refractivity contribution >= 4 is 44.4 Å². The summed E-state index contributed by atoms with van der Waals surface area (Å²) in [4.78, 5) is 47.7. The largest absolute Gasteiger partial charge is 0.345 e. The van der Waals surface area contributed by atoms with E-state index < -0.39 is 11.8 Å². The van der Waals surface area contributed by atoms with E-state index in [-0.39, 0.29) is 12.5 Å². The number of carbonyl (C=O) groups excluding carboxylic acids is 3. The molecule has 1 saturated heterocycles. The van der Waals surface area contributed by atoms with Gasteiger partial charge in [0, 0.05) is 26.2 Å². The molecule has 158 valence electrons. The molecule has 0 bridgehead atoms. The van der Waals surface area contributed by atoms with Crippen LogP contribution in [0.3, 0.4) is 0 Å². The summed E-state index contributed by atoms with van der Waals surface area (Å²) in [7, 11) is 0. The Bertz CT molecular complexity index is 1160. The normalized spacial score (nSPS) is 16.4. The first kappa shape index (κ1) is 19.7. The summed E-state index contributed by atoms with van der Waals surface area (Å²) < 4.78 is 1.18. The smallest absolute Gasteiger partial charge is 0.262 e. The maximum Gasteiger partial charge on any atom is 0.262 e. The van der Waals surface area contributed by atoms with Gasteiger partial charge in [-0.25, -0.2) is 4.98 Å². The number of benzene rings is 2. The second-order valence-corrected chi connectivity index (χ2v) is 8.73. The predicted molar refractivity (Wildman–Crippen MR) is 120 cm³/mol. The van der Waals surface area contributed by atoms with Crippen LogP contribution in [-0.4, -0.2) is 65.2 Å². The summed E-state index contributed by atoms with van der Waals surface area (Å²) in [6.45, 7) is 4.35. The summed E-state index contributed by atoms with van der Waals surface area (Å²) >= 11 is 1.68. The lowest BCUT2D eigenvalue weighted by molar-refractivity contribution is -0.131. The highest BCUT2D eigenvalue weighted by Gasteiger charge is 2.37. The lowest BCUT2D eigenvalue weighted by Crippen LogP contribution is -2.51. The molecular formula is C23H22N4O3S. The first-order valence-electron chi connectivity index (χ1n) is 10.4. The molecule has 0 aliphatic carbocycles. The van der Waals surface area contributed by atoms with E-state index in [4.69, 9.17) is 4.98 Å². The second-order valence-electron chi connectivity index (χ2n) is 7.72. The number of anilines is 1. The number of carbonyl (C=O) groups is 3. The molecule has 31 heavy (non-hydrogen) atoms. The van der Waals surface area contributed by atoms with Crippen LogP contribution in [0.5, 0.6) is 0 Å². The molecule has 0 radical (unpaired) electrons. The molecule has 2 aromatic carbocycles. The van der Waals surface area contributed by atoms with Crippen molar-refractivity contribution in [3.8, 4) is 0 Å². The minimum Gasteiger partial charge on any atom is -0.345 e. The molecule has 1 aromatic heterocycles. The molecule has 0 spiro atoms. The van der Waals surface area contributed by atoms with E-state index in [2.05, 4.69) is 30.0 Å². The maximum atomic E-state index is 12.8. The molecule has 2 aliphatic heterocycles. The summed E-state index contributed by atoms with van der Waals surface area (Å²) in [5, 5.41) is 0.975. The Morgan fingerprint density at radius 2 is 1.65 bits per heavy atom. The number of aryl methyl sites for hydroxylation is 1. The van der Waals surface area contributed by atoms with Gasteiger partial charge in [-0.05, 0) is 30.2 Å². The van der Waals surface area contributed by atoms with Crippen molar-refractivity contribution in [3.63, 3.8) is 0 Å². The van der Waals surface area contributed by atoms with E-state index in [1.807, 2.05) is 0 Å². The van der Waals surface area contributed by atoms with E-state index in [1.54, 1.807) is 40.5 Å². The number of aromatic nitrogens is 1. The fourth-order valence-electron chi connectivity index (χ4n) is 4.18. The summed E-state index contributed by atoms with van der Waals surface area (Å²) in [6, 6.07) is 13.0. The van der Waals surface area contributed by atoms with Gasteiger partial charge in [-0.3, -0.25) is 19.3 Å². The molecule has 0 unspecified atom stereocenters. The van der Waals surface area contributed by atoms with Gasteiger partial charge in [0.05, 0.1) is 21.3 Å². The Morgan fingerprint density at radius 1 is 0.968 bits per heavy atom. The molecular weight excluding hydrogens is 412 g/mol. The summed E-state index contributed by atoms with van der Waals surface area (Å²) in [6.07, 6.45) is 0.945. The third-order valence-electron chi connectivity index (χ3n) is 5.95. The van der Waals surface area contributed by atoms with Gasteiger partial charge >= 0.3 is 0 Å². The number of fused-ring (bicyclic) bond motifs is 2. The van der Waals surface area contributed by atoms with E-state index >= 15 is 0 Å². The molecule has 3 heterocycles. The molecule has 3 amide bonds. The Kier molecular flexibility index (Phi) is 4.94. The van der Waals surface area contributed by atoms with E-state index in [0.29, 0.717) is 37.3 Å². The number of thiazole rings is 1. The van der Waals surface area contributed by atoms with Crippen LogP contribution in [0, 0.1) is 0 Å². The number of nitrogens with zero attached hydrogens (tertiary/aromatic N) is 4. The molecule has 3 aromatic rings. The van der Waals surface area contributed by atoms with E-state index in [9.17, 15) is 14.4 Å². The monoisotopic (exact) mass is 434 g/mol. The number of rotatable bonds is 4. The molecule has 0 atom stereocenters. The Labute approximate surface area is 183 Å². The first-order chi connectivity index (χ1) is 15.1. The highest BCUT2D eigenvalue weighted by Crippen LogP contribution is 2.31. The van der Waals surface area contributed by atoms with E-state index in [0.717, 1.165) is 22.0 Å². The van der Waals surface area contributed by atoms with Crippen LogP contribution in [0.25, 0.3) is 10.2 Å². The third kappa shape index (κ3) is 3.37. The van der Waals surface area contributed by atoms with Gasteiger partial charge in [0.25, 0.3) is 11.8 Å². The van der Waals surface area contributed by atoms with Crippen LogP contribution in [-0.2, 0) is 11.2 Å². The molecule has 2 aliphatic rings. The van der Waals surface area contributed by atoms with Gasteiger partial charge in [0.15, 0.2) is 5.13 Å². The van der Waals surface area contributed by atoms with Crippen molar-refractivity contribution in [2.75, 3.05) is 37.6 Å². The van der Waals surface area contributed by atoms with Crippen LogP contribution in [0.2, 0.25) is 0 Å². The lowest BCUT2D eigenvalue weighted by Gasteiger charge is -2.35. The van der Waals surface area contributed by atoms with Crippen molar-refractivity contribution in [1.82, 2.24) is 14.8 Å². The fraction of sp³-hybridized carbons (Fsp3) is 0.304. The Morgan fingerprint density at radius 3 is 2.29 bits per heavy atom. The van der Waals surface area contributed by atoms with Gasteiger partial charge in [-0.2, -0.15) is 0 Å². The zero-order chi connectivity index (χ0) is 21.5. The number of piperazine rings is 1. The van der Waals surface area contributed by atoms with Crippen LogP contribution < -0.4 is 4.90 Å². The lowest BCUT2D eigenvalue weighted by atomic mass is 10.1. The van der Waals surface area contributed by atoms with Crippen molar-refractivity contribution < 1.29 is 14.4 Å². The zero-order valence-electron chi connectivity index (χ0n) is 17.2. The number of hydrogen-bond donors (Lipinski definition) is 0. The molecule has 7 nitrogen and oxygen atoms in total. The van der Waals surface area contributed by atoms with Crippen LogP contribution >= 0.6 is 11.3 Å². The number of amides is 3. The van der Waals surface area contributed by atoms with Gasteiger partial charge in [-0.15, -0.1) is 0 Å². The van der Waals surface area contributed by atoms with Gasteiger partial charge in [0.1, 0.15) is 6.54 Å². The van der Waals surface area contributed by atoms with Crippen LogP contribution in [0.4, 0.5) is 5.13 Å². The topological polar surface area (TPSA) is 73.8 Å². The fourth-order valence-corrected chi connectivity index (χ4v) is 5.24. The Hall–Kier alpha value is -3.26. The minimum atomic E-state index is -0.395. The minimum absolute atomic E-state index is 0.202. The highest BCUT2D eigenvalue weighted by atomic mass is 32.1. The zero-order valence-corrected chi connectivity index (χ0v) is 18.0. The average molecular weight is 435 g/mol. The van der Waals surface area contributed by atoms with Gasteiger partial charge in [0.2, 0.25) is 5.91 Å². The molecule has 8 heteroatoms. The summed E-state index contributed by atoms with van der Waals surface area (Å²) in [5.41, 5.74) is 3.05. The van der Waals surface area contributed by atoms with Gasteiger partial charge < -0.3 is 9.80 Å². The number of para-hydroxylation sites is 1. The first-order valence-corrected chi connectivity index (χ1v) is 11.2. The molecule has 5 rings (SSSR count). The molecule has 1 fully saturated rings. The van der Waals surface area contributed by atoms with Crippen molar-refractivity contribution in [2.45, 2.75) is 13.3 Å². The van der Waals surface area contributed by atoms with Gasteiger partial charge in [-0.1, -0.05) is 42.5 Å². The van der Waals surface area contributed by atoms with Crippen LogP contribution in [0.1, 0.15) is 33.2 Å². The summed E-state index contributed by atoms with van der Waals surface area (Å²) in [5.74, 6) is -0.991. The van der Waals surface area contributed by atoms with Crippen molar-refractivity contribution in [3.05, 3.63) is 59.2 Å². The Balaban J connectivity index is 1.24. The van der Waals surface area contributed by atoms with Crippen molar-refractivity contribution in [1.29, 1.82) is 0 Å². The average Bonchev–Trinajstić information content (AvgIpc) is 3.35.